The first-order valence-electron chi connectivity index (χ1n) is 10.3. The number of methoxy groups -OCH3 is 1. The van der Waals surface area contributed by atoms with Gasteiger partial charge in [0.05, 0.1) is 13.5 Å². The molecule has 0 unspecified atom stereocenters. The van der Waals surface area contributed by atoms with Crippen molar-refractivity contribution in [3.63, 3.8) is 0 Å². The van der Waals surface area contributed by atoms with E-state index in [1.165, 1.54) is 0 Å². The van der Waals surface area contributed by atoms with E-state index < -0.39 is 0 Å². The molecule has 1 amide bonds. The Morgan fingerprint density at radius 3 is 2.48 bits per heavy atom. The molecule has 8 nitrogen and oxygen atoms in total. The Hall–Kier alpha value is -3.68. The summed E-state index contributed by atoms with van der Waals surface area (Å²) in [5, 5.41) is 3.22. The van der Waals surface area contributed by atoms with Gasteiger partial charge in [-0.2, -0.15) is 0 Å². The normalized spacial score (nSPS) is 13.7. The summed E-state index contributed by atoms with van der Waals surface area (Å²) in [7, 11) is 1.64. The lowest BCUT2D eigenvalue weighted by Crippen LogP contribution is -2.49. The molecule has 1 saturated heterocycles. The highest BCUT2D eigenvalue weighted by atomic mass is 16.5. The Morgan fingerprint density at radius 2 is 1.81 bits per heavy atom. The summed E-state index contributed by atoms with van der Waals surface area (Å²) in [5.74, 6) is 3.92. The molecule has 160 valence electrons. The van der Waals surface area contributed by atoms with Crippen molar-refractivity contribution in [2.75, 3.05) is 43.5 Å². The molecule has 1 fully saturated rings. The van der Waals surface area contributed by atoms with Gasteiger partial charge in [-0.3, -0.25) is 4.79 Å². The van der Waals surface area contributed by atoms with Crippen molar-refractivity contribution < 1.29 is 9.53 Å². The largest absolute Gasteiger partial charge is 0.497 e. The van der Waals surface area contributed by atoms with Gasteiger partial charge in [0.25, 0.3) is 0 Å². The fourth-order valence-electron chi connectivity index (χ4n) is 3.56. The van der Waals surface area contributed by atoms with Crippen LogP contribution in [0.5, 0.6) is 5.75 Å². The van der Waals surface area contributed by atoms with E-state index in [4.69, 9.17) is 4.74 Å². The van der Waals surface area contributed by atoms with Crippen LogP contribution in [-0.2, 0) is 11.2 Å². The number of carbonyl (C=O) groups excluding carboxylic acids is 1. The van der Waals surface area contributed by atoms with E-state index in [1.54, 1.807) is 13.3 Å². The number of anilines is 3. The molecule has 0 saturated carbocycles. The molecule has 1 N–H and O–H groups in total. The van der Waals surface area contributed by atoms with E-state index in [0.717, 1.165) is 36.0 Å². The molecule has 2 aromatic heterocycles. The molecule has 3 aromatic rings. The number of piperazine rings is 1. The molecule has 1 aliphatic rings. The van der Waals surface area contributed by atoms with Gasteiger partial charge in [0.1, 0.15) is 29.0 Å². The minimum Gasteiger partial charge on any atom is -0.497 e. The summed E-state index contributed by atoms with van der Waals surface area (Å²) in [6, 6.07) is 15.3. The molecule has 0 bridgehead atoms. The lowest BCUT2D eigenvalue weighted by molar-refractivity contribution is -0.130. The third-order valence-electron chi connectivity index (χ3n) is 5.22. The van der Waals surface area contributed by atoms with Crippen molar-refractivity contribution in [2.24, 2.45) is 0 Å². The van der Waals surface area contributed by atoms with Crippen molar-refractivity contribution >= 4 is 23.4 Å². The van der Waals surface area contributed by atoms with Gasteiger partial charge < -0.3 is 19.9 Å². The standard InChI is InChI=1S/C23H26N6O2/c1-17-25-21(27-20-5-3-4-10-24-20)16-22(26-17)28-11-13-29(14-12-28)23(30)15-18-6-8-19(31-2)9-7-18/h3-10,16H,11-15H2,1-2H3,(H,24,25,26,27). The summed E-state index contributed by atoms with van der Waals surface area (Å²) >= 11 is 0. The van der Waals surface area contributed by atoms with E-state index in [9.17, 15) is 4.79 Å². The predicted octanol–water partition coefficient (Wildman–Crippen LogP) is 2.82. The number of pyridine rings is 1. The number of nitrogens with zero attached hydrogens (tertiary/aromatic N) is 5. The van der Waals surface area contributed by atoms with Gasteiger partial charge in [-0.05, 0) is 36.8 Å². The highest BCUT2D eigenvalue weighted by Crippen LogP contribution is 2.20. The molecule has 0 spiro atoms. The zero-order valence-corrected chi connectivity index (χ0v) is 17.8. The summed E-state index contributed by atoms with van der Waals surface area (Å²) in [4.78, 5) is 30.2. The van der Waals surface area contributed by atoms with Crippen molar-refractivity contribution in [2.45, 2.75) is 13.3 Å². The second kappa shape index (κ2) is 9.42. The Balaban J connectivity index is 1.36. The number of aromatic nitrogens is 3. The second-order valence-corrected chi connectivity index (χ2v) is 7.39. The van der Waals surface area contributed by atoms with E-state index >= 15 is 0 Å². The topological polar surface area (TPSA) is 83.5 Å². The first-order valence-corrected chi connectivity index (χ1v) is 10.3. The van der Waals surface area contributed by atoms with Crippen LogP contribution < -0.4 is 15.0 Å². The number of nitrogens with one attached hydrogen (secondary N) is 1. The molecule has 8 heteroatoms. The lowest BCUT2D eigenvalue weighted by Gasteiger charge is -2.35. The number of aryl methyl sites for hydroxylation is 1. The zero-order chi connectivity index (χ0) is 21.6. The highest BCUT2D eigenvalue weighted by molar-refractivity contribution is 5.79. The maximum absolute atomic E-state index is 12.7. The fraction of sp³-hybridized carbons (Fsp3) is 0.304. The number of hydrogen-bond donors (Lipinski definition) is 1. The Bertz CT molecular complexity index is 1020. The van der Waals surface area contributed by atoms with Crippen molar-refractivity contribution in [1.82, 2.24) is 19.9 Å². The smallest absolute Gasteiger partial charge is 0.227 e. The highest BCUT2D eigenvalue weighted by Gasteiger charge is 2.22. The average molecular weight is 419 g/mol. The van der Waals surface area contributed by atoms with Crippen LogP contribution in [0.4, 0.5) is 17.5 Å². The third kappa shape index (κ3) is 5.28. The van der Waals surface area contributed by atoms with Crippen molar-refractivity contribution in [3.8, 4) is 5.75 Å². The average Bonchev–Trinajstić information content (AvgIpc) is 2.80. The van der Waals surface area contributed by atoms with Gasteiger partial charge in [-0.1, -0.05) is 18.2 Å². The number of ether oxygens (including phenoxy) is 1. The van der Waals surface area contributed by atoms with Crippen LogP contribution in [0.2, 0.25) is 0 Å². The molecule has 4 rings (SSSR count). The maximum Gasteiger partial charge on any atom is 0.227 e. The van der Waals surface area contributed by atoms with E-state index in [1.807, 2.05) is 60.4 Å². The minimum absolute atomic E-state index is 0.140. The van der Waals surface area contributed by atoms with Gasteiger partial charge in [0, 0.05) is 38.4 Å². The molecule has 0 aliphatic carbocycles. The number of hydrogen-bond acceptors (Lipinski definition) is 7. The number of benzene rings is 1. The van der Waals surface area contributed by atoms with E-state index in [-0.39, 0.29) is 5.91 Å². The summed E-state index contributed by atoms with van der Waals surface area (Å²) in [5.41, 5.74) is 0.991. The van der Waals surface area contributed by atoms with Crippen LogP contribution in [0, 0.1) is 6.92 Å². The summed E-state index contributed by atoms with van der Waals surface area (Å²) in [6.45, 7) is 4.67. The number of amides is 1. The van der Waals surface area contributed by atoms with E-state index in [2.05, 4.69) is 25.2 Å². The van der Waals surface area contributed by atoms with Crippen LogP contribution in [0.15, 0.2) is 54.7 Å². The minimum atomic E-state index is 0.140. The third-order valence-corrected chi connectivity index (χ3v) is 5.22. The SMILES string of the molecule is COc1ccc(CC(=O)N2CCN(c3cc(Nc4ccccn4)nc(C)n3)CC2)cc1. The maximum atomic E-state index is 12.7. The van der Waals surface area contributed by atoms with Gasteiger partial charge in [0.2, 0.25) is 5.91 Å². The van der Waals surface area contributed by atoms with Gasteiger partial charge in [-0.15, -0.1) is 0 Å². The molecular formula is C23H26N6O2. The quantitative estimate of drug-likeness (QED) is 0.659. The Kier molecular flexibility index (Phi) is 6.26. The van der Waals surface area contributed by atoms with Gasteiger partial charge in [-0.25, -0.2) is 15.0 Å². The fourth-order valence-corrected chi connectivity index (χ4v) is 3.56. The van der Waals surface area contributed by atoms with Crippen LogP contribution in [0.3, 0.4) is 0 Å². The summed E-state index contributed by atoms with van der Waals surface area (Å²) in [6.07, 6.45) is 2.13. The predicted molar refractivity (Wildman–Crippen MR) is 120 cm³/mol. The van der Waals surface area contributed by atoms with Gasteiger partial charge in [0.15, 0.2) is 0 Å². The van der Waals surface area contributed by atoms with Crippen molar-refractivity contribution in [1.29, 1.82) is 0 Å². The number of rotatable bonds is 6. The van der Waals surface area contributed by atoms with Crippen LogP contribution in [0.25, 0.3) is 0 Å². The molecule has 3 heterocycles. The first-order chi connectivity index (χ1) is 15.1. The molecule has 0 atom stereocenters. The molecule has 1 aliphatic heterocycles. The van der Waals surface area contributed by atoms with Crippen LogP contribution >= 0.6 is 0 Å². The number of carbonyl (C=O) groups is 1. The van der Waals surface area contributed by atoms with E-state index in [0.29, 0.717) is 31.2 Å². The monoisotopic (exact) mass is 418 g/mol. The Morgan fingerprint density at radius 1 is 1.03 bits per heavy atom. The van der Waals surface area contributed by atoms with Crippen molar-refractivity contribution in [3.05, 3.63) is 66.1 Å². The van der Waals surface area contributed by atoms with Gasteiger partial charge >= 0.3 is 0 Å². The van der Waals surface area contributed by atoms with Crippen LogP contribution in [0.1, 0.15) is 11.4 Å². The first kappa shape index (κ1) is 20.6. The molecular weight excluding hydrogens is 392 g/mol. The zero-order valence-electron chi connectivity index (χ0n) is 17.8. The molecule has 0 radical (unpaired) electrons. The van der Waals surface area contributed by atoms with Crippen LogP contribution in [-0.4, -0.2) is 59.0 Å². The molecule has 1 aromatic carbocycles. The second-order valence-electron chi connectivity index (χ2n) is 7.39. The Labute approximate surface area is 181 Å². The molecule has 31 heavy (non-hydrogen) atoms. The lowest BCUT2D eigenvalue weighted by atomic mass is 10.1. The summed E-state index contributed by atoms with van der Waals surface area (Å²) < 4.78 is 5.18.